The molecule has 0 saturated carbocycles. The van der Waals surface area contributed by atoms with Crippen molar-refractivity contribution in [2.24, 2.45) is 5.84 Å². The quantitative estimate of drug-likeness (QED) is 0.533. The van der Waals surface area contributed by atoms with Crippen LogP contribution in [-0.4, -0.2) is 7.11 Å². The number of nitrogens with one attached hydrogen (secondary N) is 1. The molecule has 112 valence electrons. The standard InChI is InChI=1S/C15H15Br2ClN2O/c1-21-11-3-4-12(16)10(6-11)8-15(20-19)9-2-5-14(18)13(17)7-9/h2-7,15,20H,8,19H2,1H3. The van der Waals surface area contributed by atoms with Crippen LogP contribution in [0.15, 0.2) is 45.3 Å². The summed E-state index contributed by atoms with van der Waals surface area (Å²) in [4.78, 5) is 0. The van der Waals surface area contributed by atoms with Gasteiger partial charge in [0.1, 0.15) is 5.75 Å². The van der Waals surface area contributed by atoms with E-state index in [4.69, 9.17) is 22.2 Å². The van der Waals surface area contributed by atoms with Crippen molar-refractivity contribution >= 4 is 43.5 Å². The van der Waals surface area contributed by atoms with Crippen molar-refractivity contribution in [3.63, 3.8) is 0 Å². The van der Waals surface area contributed by atoms with Crippen LogP contribution in [0.4, 0.5) is 0 Å². The summed E-state index contributed by atoms with van der Waals surface area (Å²) in [5.74, 6) is 6.54. The topological polar surface area (TPSA) is 47.3 Å². The van der Waals surface area contributed by atoms with Gasteiger partial charge in [-0.1, -0.05) is 33.6 Å². The Morgan fingerprint density at radius 2 is 1.95 bits per heavy atom. The van der Waals surface area contributed by atoms with Gasteiger partial charge in [-0.25, -0.2) is 0 Å². The average Bonchev–Trinajstić information content (AvgIpc) is 2.49. The third kappa shape index (κ3) is 4.20. The van der Waals surface area contributed by atoms with Gasteiger partial charge in [0.15, 0.2) is 0 Å². The minimum atomic E-state index is -0.0260. The lowest BCUT2D eigenvalue weighted by Gasteiger charge is -2.18. The van der Waals surface area contributed by atoms with E-state index in [-0.39, 0.29) is 6.04 Å². The normalized spacial score (nSPS) is 12.2. The molecule has 2 rings (SSSR count). The molecule has 0 radical (unpaired) electrons. The van der Waals surface area contributed by atoms with Crippen LogP contribution in [0.1, 0.15) is 17.2 Å². The second-order valence-corrected chi connectivity index (χ2v) is 6.67. The highest BCUT2D eigenvalue weighted by Crippen LogP contribution is 2.30. The highest BCUT2D eigenvalue weighted by Gasteiger charge is 2.14. The van der Waals surface area contributed by atoms with Crippen LogP contribution in [0.5, 0.6) is 5.75 Å². The molecule has 0 amide bonds. The third-order valence-corrected chi connectivity index (χ3v) is 5.21. The molecule has 0 saturated heterocycles. The number of halogens is 3. The van der Waals surface area contributed by atoms with Gasteiger partial charge in [0.2, 0.25) is 0 Å². The molecule has 0 aliphatic carbocycles. The Kier molecular flexibility index (Phi) is 6.08. The van der Waals surface area contributed by atoms with Crippen LogP contribution in [0.25, 0.3) is 0 Å². The maximum atomic E-state index is 6.03. The fraction of sp³-hybridized carbons (Fsp3) is 0.200. The van der Waals surface area contributed by atoms with Crippen molar-refractivity contribution in [2.45, 2.75) is 12.5 Å². The Morgan fingerprint density at radius 3 is 2.57 bits per heavy atom. The van der Waals surface area contributed by atoms with E-state index in [0.29, 0.717) is 5.02 Å². The number of rotatable bonds is 5. The summed E-state index contributed by atoms with van der Waals surface area (Å²) in [6.07, 6.45) is 0.725. The van der Waals surface area contributed by atoms with Crippen LogP contribution in [0.2, 0.25) is 5.02 Å². The van der Waals surface area contributed by atoms with Crippen molar-refractivity contribution in [2.75, 3.05) is 7.11 Å². The van der Waals surface area contributed by atoms with Crippen molar-refractivity contribution in [3.05, 3.63) is 61.5 Å². The number of benzene rings is 2. The first-order valence-corrected chi connectivity index (χ1v) is 8.25. The number of nitrogens with two attached hydrogens (primary N) is 1. The Labute approximate surface area is 146 Å². The Balaban J connectivity index is 2.28. The van der Waals surface area contributed by atoms with Crippen LogP contribution >= 0.6 is 43.5 Å². The molecule has 0 aromatic heterocycles. The SMILES string of the molecule is COc1ccc(Br)c(CC(NN)c2ccc(Cl)c(Br)c2)c1. The molecule has 0 aliphatic rings. The smallest absolute Gasteiger partial charge is 0.119 e. The molecular weight excluding hydrogens is 419 g/mol. The van der Waals surface area contributed by atoms with Gasteiger partial charge >= 0.3 is 0 Å². The number of hydrazine groups is 1. The minimum Gasteiger partial charge on any atom is -0.497 e. The predicted octanol–water partition coefficient (Wildman–Crippen LogP) is 4.62. The molecule has 0 fully saturated rings. The van der Waals surface area contributed by atoms with Gasteiger partial charge in [0.05, 0.1) is 18.2 Å². The molecular formula is C15H15Br2ClN2O. The number of hydrogen-bond acceptors (Lipinski definition) is 3. The average molecular weight is 435 g/mol. The van der Waals surface area contributed by atoms with Gasteiger partial charge in [-0.2, -0.15) is 0 Å². The summed E-state index contributed by atoms with van der Waals surface area (Å²) >= 11 is 13.0. The third-order valence-electron chi connectivity index (χ3n) is 3.22. The van der Waals surface area contributed by atoms with Crippen LogP contribution < -0.4 is 16.0 Å². The number of ether oxygens (including phenoxy) is 1. The maximum absolute atomic E-state index is 6.03. The van der Waals surface area contributed by atoms with Crippen molar-refractivity contribution in [1.82, 2.24) is 5.43 Å². The molecule has 21 heavy (non-hydrogen) atoms. The molecule has 1 unspecified atom stereocenters. The summed E-state index contributed by atoms with van der Waals surface area (Å²) < 4.78 is 7.15. The van der Waals surface area contributed by atoms with Gasteiger partial charge in [-0.05, 0) is 63.8 Å². The molecule has 0 aliphatic heterocycles. The van der Waals surface area contributed by atoms with Crippen molar-refractivity contribution < 1.29 is 4.74 Å². The maximum Gasteiger partial charge on any atom is 0.119 e. The van der Waals surface area contributed by atoms with E-state index in [2.05, 4.69) is 37.3 Å². The zero-order valence-corrected chi connectivity index (χ0v) is 15.3. The largest absolute Gasteiger partial charge is 0.497 e. The van der Waals surface area contributed by atoms with Crippen LogP contribution in [0, 0.1) is 0 Å². The molecule has 6 heteroatoms. The number of methoxy groups -OCH3 is 1. The Bertz CT molecular complexity index is 637. The molecule has 3 N–H and O–H groups in total. The highest BCUT2D eigenvalue weighted by atomic mass is 79.9. The lowest BCUT2D eigenvalue weighted by Crippen LogP contribution is -2.29. The second-order valence-electron chi connectivity index (χ2n) is 4.55. The zero-order valence-electron chi connectivity index (χ0n) is 11.4. The van der Waals surface area contributed by atoms with E-state index < -0.39 is 0 Å². The Morgan fingerprint density at radius 1 is 1.19 bits per heavy atom. The summed E-state index contributed by atoms with van der Waals surface area (Å²) in [5.41, 5.74) is 5.03. The summed E-state index contributed by atoms with van der Waals surface area (Å²) in [7, 11) is 1.65. The molecule has 2 aromatic carbocycles. The first-order valence-electron chi connectivity index (χ1n) is 6.28. The fourth-order valence-electron chi connectivity index (χ4n) is 2.06. The lowest BCUT2D eigenvalue weighted by atomic mass is 9.99. The molecule has 1 atom stereocenters. The van der Waals surface area contributed by atoms with Gasteiger partial charge in [0, 0.05) is 8.95 Å². The van der Waals surface area contributed by atoms with Gasteiger partial charge in [0.25, 0.3) is 0 Å². The van der Waals surface area contributed by atoms with E-state index in [1.807, 2.05) is 36.4 Å². The number of hydrogen-bond donors (Lipinski definition) is 2. The molecule has 2 aromatic rings. The van der Waals surface area contributed by atoms with Crippen molar-refractivity contribution in [3.8, 4) is 5.75 Å². The molecule has 0 bridgehead atoms. The summed E-state index contributed by atoms with van der Waals surface area (Å²) in [6, 6.07) is 11.6. The summed E-state index contributed by atoms with van der Waals surface area (Å²) in [5, 5.41) is 0.678. The van der Waals surface area contributed by atoms with Crippen LogP contribution in [-0.2, 0) is 6.42 Å². The molecule has 0 spiro atoms. The first kappa shape index (κ1) is 16.8. The van der Waals surface area contributed by atoms with Gasteiger partial charge < -0.3 is 4.74 Å². The first-order chi connectivity index (χ1) is 10.0. The molecule has 0 heterocycles. The second kappa shape index (κ2) is 7.61. The zero-order chi connectivity index (χ0) is 15.4. The predicted molar refractivity (Wildman–Crippen MR) is 93.6 cm³/mol. The van der Waals surface area contributed by atoms with Gasteiger partial charge in [-0.15, -0.1) is 0 Å². The summed E-state index contributed by atoms with van der Waals surface area (Å²) in [6.45, 7) is 0. The van der Waals surface area contributed by atoms with E-state index in [1.54, 1.807) is 7.11 Å². The van der Waals surface area contributed by atoms with E-state index in [0.717, 1.165) is 32.2 Å². The van der Waals surface area contributed by atoms with Gasteiger partial charge in [-0.3, -0.25) is 11.3 Å². The Hall–Kier alpha value is -0.590. The van der Waals surface area contributed by atoms with Crippen molar-refractivity contribution in [1.29, 1.82) is 0 Å². The van der Waals surface area contributed by atoms with E-state index >= 15 is 0 Å². The van der Waals surface area contributed by atoms with Crippen LogP contribution in [0.3, 0.4) is 0 Å². The monoisotopic (exact) mass is 432 g/mol. The lowest BCUT2D eigenvalue weighted by molar-refractivity contribution is 0.413. The van der Waals surface area contributed by atoms with E-state index in [1.165, 1.54) is 0 Å². The minimum absolute atomic E-state index is 0.0260. The highest BCUT2D eigenvalue weighted by molar-refractivity contribution is 9.10. The van der Waals surface area contributed by atoms with E-state index in [9.17, 15) is 0 Å². The fourth-order valence-corrected chi connectivity index (χ4v) is 2.98. The molecule has 3 nitrogen and oxygen atoms in total.